The summed E-state index contributed by atoms with van der Waals surface area (Å²) in [7, 11) is 0. The first-order valence-electron chi connectivity index (χ1n) is 5.36. The van der Waals surface area contributed by atoms with Crippen LogP contribution in [0.2, 0.25) is 0 Å². The molecule has 7 nitrogen and oxygen atoms in total. The molecule has 1 aliphatic rings. The molecule has 1 aromatic heterocycles. The van der Waals surface area contributed by atoms with Crippen LogP contribution in [0.5, 0.6) is 0 Å². The second-order valence-electron chi connectivity index (χ2n) is 4.53. The number of aromatic nitrogens is 3. The first kappa shape index (κ1) is 11.6. The maximum Gasteiger partial charge on any atom is 0.311 e. The fourth-order valence-electron chi connectivity index (χ4n) is 1.90. The van der Waals surface area contributed by atoms with E-state index in [-0.39, 0.29) is 19.0 Å². The van der Waals surface area contributed by atoms with E-state index in [0.29, 0.717) is 13.0 Å². The maximum atomic E-state index is 11.9. The zero-order chi connectivity index (χ0) is 12.5. The van der Waals surface area contributed by atoms with Crippen molar-refractivity contribution >= 4 is 11.9 Å². The molecule has 1 atom stereocenters. The zero-order valence-electron chi connectivity index (χ0n) is 9.54. The zero-order valence-corrected chi connectivity index (χ0v) is 9.54. The number of likely N-dealkylation sites (tertiary alicyclic amines) is 1. The minimum atomic E-state index is -0.853. The van der Waals surface area contributed by atoms with Gasteiger partial charge in [0, 0.05) is 19.3 Å². The highest BCUT2D eigenvalue weighted by atomic mass is 16.4. The first-order valence-corrected chi connectivity index (χ1v) is 5.36. The molecule has 1 saturated heterocycles. The van der Waals surface area contributed by atoms with Gasteiger partial charge in [0.25, 0.3) is 0 Å². The summed E-state index contributed by atoms with van der Waals surface area (Å²) >= 11 is 0. The molecule has 0 radical (unpaired) electrons. The lowest BCUT2D eigenvalue weighted by Crippen LogP contribution is -2.36. The van der Waals surface area contributed by atoms with Crippen LogP contribution in [0.4, 0.5) is 0 Å². The molecule has 1 unspecified atom stereocenters. The van der Waals surface area contributed by atoms with E-state index in [1.807, 2.05) is 0 Å². The molecular weight excluding hydrogens is 224 g/mol. The Morgan fingerprint density at radius 3 is 2.82 bits per heavy atom. The van der Waals surface area contributed by atoms with E-state index in [2.05, 4.69) is 10.3 Å². The van der Waals surface area contributed by atoms with Gasteiger partial charge in [-0.15, -0.1) is 5.10 Å². The summed E-state index contributed by atoms with van der Waals surface area (Å²) in [5.74, 6) is -0.978. The molecule has 2 rings (SSSR count). The van der Waals surface area contributed by atoms with Gasteiger partial charge in [0.1, 0.15) is 6.54 Å². The molecule has 2 heterocycles. The fraction of sp³-hybridized carbons (Fsp3) is 0.600. The normalized spacial score (nSPS) is 23.9. The summed E-state index contributed by atoms with van der Waals surface area (Å²) in [6.07, 6.45) is 3.59. The Labute approximate surface area is 98.0 Å². The molecule has 1 amide bonds. The van der Waals surface area contributed by atoms with Crippen molar-refractivity contribution in [2.24, 2.45) is 5.41 Å². The van der Waals surface area contributed by atoms with Crippen molar-refractivity contribution in [3.63, 3.8) is 0 Å². The second kappa shape index (κ2) is 4.15. The number of carboxylic acids is 1. The summed E-state index contributed by atoms with van der Waals surface area (Å²) in [5, 5.41) is 16.4. The van der Waals surface area contributed by atoms with E-state index in [0.717, 1.165) is 0 Å². The SMILES string of the molecule is CC1(C(=O)O)CCN(C(=O)Cn2ccnn2)C1. The van der Waals surface area contributed by atoms with Crippen molar-refractivity contribution in [1.82, 2.24) is 19.9 Å². The van der Waals surface area contributed by atoms with Crippen LogP contribution in [0.25, 0.3) is 0 Å². The molecule has 0 aromatic carbocycles. The van der Waals surface area contributed by atoms with E-state index in [1.165, 1.54) is 10.9 Å². The molecule has 1 N–H and O–H groups in total. The molecule has 1 aliphatic heterocycles. The number of rotatable bonds is 3. The minimum Gasteiger partial charge on any atom is -0.481 e. The largest absolute Gasteiger partial charge is 0.481 e. The fourth-order valence-corrected chi connectivity index (χ4v) is 1.90. The van der Waals surface area contributed by atoms with Gasteiger partial charge < -0.3 is 10.0 Å². The molecule has 0 bridgehead atoms. The van der Waals surface area contributed by atoms with Gasteiger partial charge in [-0.3, -0.25) is 9.59 Å². The van der Waals surface area contributed by atoms with Gasteiger partial charge in [0.15, 0.2) is 0 Å². The Morgan fingerprint density at radius 2 is 2.29 bits per heavy atom. The lowest BCUT2D eigenvalue weighted by molar-refractivity contribution is -0.147. The Morgan fingerprint density at radius 1 is 1.53 bits per heavy atom. The predicted molar refractivity (Wildman–Crippen MR) is 57.0 cm³/mol. The van der Waals surface area contributed by atoms with Gasteiger partial charge in [0.2, 0.25) is 5.91 Å². The molecule has 7 heteroatoms. The lowest BCUT2D eigenvalue weighted by atomic mass is 9.90. The lowest BCUT2D eigenvalue weighted by Gasteiger charge is -2.20. The summed E-state index contributed by atoms with van der Waals surface area (Å²) in [6.45, 7) is 2.51. The van der Waals surface area contributed by atoms with Gasteiger partial charge in [-0.05, 0) is 13.3 Å². The van der Waals surface area contributed by atoms with Crippen LogP contribution in [0.15, 0.2) is 12.4 Å². The van der Waals surface area contributed by atoms with E-state index >= 15 is 0 Å². The number of carbonyl (C=O) groups is 2. The summed E-state index contributed by atoms with van der Waals surface area (Å²) in [6, 6.07) is 0. The topological polar surface area (TPSA) is 88.3 Å². The summed E-state index contributed by atoms with van der Waals surface area (Å²) in [5.41, 5.74) is -0.821. The smallest absolute Gasteiger partial charge is 0.311 e. The van der Waals surface area contributed by atoms with Crippen LogP contribution in [-0.4, -0.2) is 50.0 Å². The van der Waals surface area contributed by atoms with E-state index in [4.69, 9.17) is 5.11 Å². The molecule has 1 aromatic rings. The molecule has 1 fully saturated rings. The van der Waals surface area contributed by atoms with Gasteiger partial charge >= 0.3 is 5.97 Å². The summed E-state index contributed by atoms with van der Waals surface area (Å²) in [4.78, 5) is 24.5. The van der Waals surface area contributed by atoms with Crippen LogP contribution in [0.3, 0.4) is 0 Å². The number of carbonyl (C=O) groups excluding carboxylic acids is 1. The second-order valence-corrected chi connectivity index (χ2v) is 4.53. The Balaban J connectivity index is 1.97. The average molecular weight is 238 g/mol. The van der Waals surface area contributed by atoms with Crippen LogP contribution in [0.1, 0.15) is 13.3 Å². The van der Waals surface area contributed by atoms with Crippen molar-refractivity contribution < 1.29 is 14.7 Å². The predicted octanol–water partition coefficient (Wildman–Crippen LogP) is -0.399. The average Bonchev–Trinajstić information content (AvgIpc) is 2.88. The molecular formula is C10H14N4O3. The van der Waals surface area contributed by atoms with E-state index in [9.17, 15) is 9.59 Å². The first-order chi connectivity index (χ1) is 8.01. The highest BCUT2D eigenvalue weighted by Gasteiger charge is 2.41. The molecule has 0 saturated carbocycles. The van der Waals surface area contributed by atoms with Crippen molar-refractivity contribution in [2.75, 3.05) is 13.1 Å². The standard InChI is InChI=1S/C10H14N4O3/c1-10(9(16)17)2-4-13(7-10)8(15)6-14-5-3-11-12-14/h3,5H,2,4,6-7H2,1H3,(H,16,17). The van der Waals surface area contributed by atoms with Crippen molar-refractivity contribution in [3.8, 4) is 0 Å². The highest BCUT2D eigenvalue weighted by molar-refractivity contribution is 5.80. The Kier molecular flexibility index (Phi) is 2.83. The highest BCUT2D eigenvalue weighted by Crippen LogP contribution is 2.30. The Hall–Kier alpha value is -1.92. The van der Waals surface area contributed by atoms with Crippen LogP contribution < -0.4 is 0 Å². The maximum absolute atomic E-state index is 11.9. The third-order valence-corrected chi connectivity index (χ3v) is 3.11. The van der Waals surface area contributed by atoms with Crippen LogP contribution in [0, 0.1) is 5.41 Å². The molecule has 17 heavy (non-hydrogen) atoms. The number of amides is 1. The van der Waals surface area contributed by atoms with E-state index in [1.54, 1.807) is 18.0 Å². The number of carboxylic acid groups (broad SMARTS) is 1. The van der Waals surface area contributed by atoms with Gasteiger partial charge in [-0.25, -0.2) is 4.68 Å². The Bertz CT molecular complexity index is 431. The van der Waals surface area contributed by atoms with Crippen molar-refractivity contribution in [1.29, 1.82) is 0 Å². The third kappa shape index (κ3) is 2.27. The monoisotopic (exact) mass is 238 g/mol. The van der Waals surface area contributed by atoms with E-state index < -0.39 is 11.4 Å². The number of hydrogen-bond donors (Lipinski definition) is 1. The van der Waals surface area contributed by atoms with Crippen molar-refractivity contribution in [2.45, 2.75) is 19.9 Å². The molecule has 0 aliphatic carbocycles. The molecule has 0 spiro atoms. The van der Waals surface area contributed by atoms with Gasteiger partial charge in [-0.1, -0.05) is 5.21 Å². The quantitative estimate of drug-likeness (QED) is 0.774. The van der Waals surface area contributed by atoms with Gasteiger partial charge in [-0.2, -0.15) is 0 Å². The number of hydrogen-bond acceptors (Lipinski definition) is 4. The van der Waals surface area contributed by atoms with Crippen LogP contribution in [-0.2, 0) is 16.1 Å². The number of nitrogens with zero attached hydrogens (tertiary/aromatic N) is 4. The minimum absolute atomic E-state index is 0.107. The third-order valence-electron chi connectivity index (χ3n) is 3.11. The van der Waals surface area contributed by atoms with Crippen molar-refractivity contribution in [3.05, 3.63) is 12.4 Å². The van der Waals surface area contributed by atoms with Crippen LogP contribution >= 0.6 is 0 Å². The summed E-state index contributed by atoms with van der Waals surface area (Å²) < 4.78 is 1.43. The molecule has 92 valence electrons. The van der Waals surface area contributed by atoms with Gasteiger partial charge in [0.05, 0.1) is 11.6 Å². The number of aliphatic carboxylic acids is 1.